The predicted octanol–water partition coefficient (Wildman–Crippen LogP) is 4.50. The van der Waals surface area contributed by atoms with Crippen LogP contribution in [0.1, 0.15) is 18.9 Å². The maximum atomic E-state index is 12.9. The van der Waals surface area contributed by atoms with E-state index < -0.39 is 23.8 Å². The quantitative estimate of drug-likeness (QED) is 0.880. The van der Waals surface area contributed by atoms with Crippen molar-refractivity contribution >= 4 is 11.6 Å². The maximum absolute atomic E-state index is 12.9. The van der Waals surface area contributed by atoms with Gasteiger partial charge < -0.3 is 10.1 Å². The summed E-state index contributed by atoms with van der Waals surface area (Å²) in [5, 5.41) is 2.30. The molecular formula is C17H16F3NO2. The number of ether oxygens (including phenoxy) is 1. The standard InChI is InChI=1S/C17H16F3NO2/c1-2-15(23-12-8-4-3-5-9-12)16(22)21-14-11-7-6-10-13(14)17(18,19)20/h3-11,15H,2H2,1H3,(H,21,22)/t15-/m0/s1. The number of benzene rings is 2. The third-order valence-corrected chi connectivity index (χ3v) is 3.18. The van der Waals surface area contributed by atoms with E-state index >= 15 is 0 Å². The molecule has 0 aliphatic heterocycles. The van der Waals surface area contributed by atoms with Crippen LogP contribution in [0.25, 0.3) is 0 Å². The van der Waals surface area contributed by atoms with Crippen molar-refractivity contribution in [2.24, 2.45) is 0 Å². The van der Waals surface area contributed by atoms with Gasteiger partial charge in [0.1, 0.15) is 5.75 Å². The Balaban J connectivity index is 2.14. The van der Waals surface area contributed by atoms with Crippen molar-refractivity contribution in [2.45, 2.75) is 25.6 Å². The van der Waals surface area contributed by atoms with Gasteiger partial charge in [-0.3, -0.25) is 4.79 Å². The first-order valence-electron chi connectivity index (χ1n) is 7.10. The minimum atomic E-state index is -4.54. The second-order valence-electron chi connectivity index (χ2n) is 4.86. The molecule has 0 saturated heterocycles. The summed E-state index contributed by atoms with van der Waals surface area (Å²) in [5.41, 5.74) is -1.16. The molecule has 0 aliphatic carbocycles. The van der Waals surface area contributed by atoms with E-state index in [0.717, 1.165) is 6.07 Å². The van der Waals surface area contributed by atoms with E-state index in [1.165, 1.54) is 18.2 Å². The van der Waals surface area contributed by atoms with Crippen molar-refractivity contribution in [1.82, 2.24) is 0 Å². The van der Waals surface area contributed by atoms with Crippen LogP contribution in [-0.4, -0.2) is 12.0 Å². The summed E-state index contributed by atoms with van der Waals surface area (Å²) in [4.78, 5) is 12.2. The van der Waals surface area contributed by atoms with Gasteiger partial charge in [-0.15, -0.1) is 0 Å². The van der Waals surface area contributed by atoms with Crippen LogP contribution in [0.2, 0.25) is 0 Å². The minimum Gasteiger partial charge on any atom is -0.481 e. The Labute approximate surface area is 132 Å². The SMILES string of the molecule is CC[C@H](Oc1ccccc1)C(=O)Nc1ccccc1C(F)(F)F. The molecule has 122 valence electrons. The molecule has 2 rings (SSSR count). The summed E-state index contributed by atoms with van der Waals surface area (Å²) >= 11 is 0. The lowest BCUT2D eigenvalue weighted by molar-refractivity contribution is -0.137. The number of halogens is 3. The zero-order chi connectivity index (χ0) is 16.9. The molecule has 3 nitrogen and oxygen atoms in total. The van der Waals surface area contributed by atoms with Crippen molar-refractivity contribution < 1.29 is 22.7 Å². The number of alkyl halides is 3. The molecule has 2 aromatic rings. The molecule has 0 aromatic heterocycles. The van der Waals surface area contributed by atoms with Gasteiger partial charge in [-0.25, -0.2) is 0 Å². The number of para-hydroxylation sites is 2. The molecule has 0 spiro atoms. The molecule has 1 amide bonds. The van der Waals surface area contributed by atoms with Crippen molar-refractivity contribution in [3.8, 4) is 5.75 Å². The van der Waals surface area contributed by atoms with Gasteiger partial charge >= 0.3 is 6.18 Å². The van der Waals surface area contributed by atoms with E-state index in [1.54, 1.807) is 37.3 Å². The van der Waals surface area contributed by atoms with Crippen LogP contribution in [0.3, 0.4) is 0 Å². The zero-order valence-corrected chi connectivity index (χ0v) is 12.4. The Morgan fingerprint density at radius 3 is 2.30 bits per heavy atom. The van der Waals surface area contributed by atoms with Gasteiger partial charge in [-0.2, -0.15) is 13.2 Å². The fourth-order valence-electron chi connectivity index (χ4n) is 2.04. The smallest absolute Gasteiger partial charge is 0.418 e. The van der Waals surface area contributed by atoms with Gasteiger partial charge in [-0.1, -0.05) is 37.3 Å². The Kier molecular flexibility index (Phi) is 5.26. The molecule has 6 heteroatoms. The monoisotopic (exact) mass is 323 g/mol. The van der Waals surface area contributed by atoms with Gasteiger partial charge in [0, 0.05) is 0 Å². The number of hydrogen-bond donors (Lipinski definition) is 1. The zero-order valence-electron chi connectivity index (χ0n) is 12.4. The van der Waals surface area contributed by atoms with E-state index in [9.17, 15) is 18.0 Å². The molecule has 0 saturated carbocycles. The van der Waals surface area contributed by atoms with Crippen molar-refractivity contribution in [1.29, 1.82) is 0 Å². The Morgan fingerprint density at radius 1 is 1.09 bits per heavy atom. The fraction of sp³-hybridized carbons (Fsp3) is 0.235. The molecule has 2 aromatic carbocycles. The highest BCUT2D eigenvalue weighted by Crippen LogP contribution is 2.34. The van der Waals surface area contributed by atoms with Crippen LogP contribution in [0.4, 0.5) is 18.9 Å². The van der Waals surface area contributed by atoms with Gasteiger partial charge in [0.15, 0.2) is 6.10 Å². The van der Waals surface area contributed by atoms with E-state index in [4.69, 9.17) is 4.74 Å². The lowest BCUT2D eigenvalue weighted by Gasteiger charge is -2.19. The molecule has 0 unspecified atom stereocenters. The van der Waals surface area contributed by atoms with Gasteiger partial charge in [0.05, 0.1) is 11.3 Å². The van der Waals surface area contributed by atoms with Crippen LogP contribution in [0.5, 0.6) is 5.75 Å². The highest BCUT2D eigenvalue weighted by molar-refractivity contribution is 5.95. The first-order valence-corrected chi connectivity index (χ1v) is 7.10. The van der Waals surface area contributed by atoms with Crippen LogP contribution in [0.15, 0.2) is 54.6 Å². The summed E-state index contributed by atoms with van der Waals surface area (Å²) < 4.78 is 44.4. The number of anilines is 1. The number of carbonyl (C=O) groups is 1. The molecule has 1 atom stereocenters. The number of hydrogen-bond acceptors (Lipinski definition) is 2. The molecule has 23 heavy (non-hydrogen) atoms. The van der Waals surface area contributed by atoms with E-state index in [-0.39, 0.29) is 5.69 Å². The normalized spacial score (nSPS) is 12.5. The molecule has 0 heterocycles. The molecule has 1 N–H and O–H groups in total. The third kappa shape index (κ3) is 4.48. The van der Waals surface area contributed by atoms with E-state index in [2.05, 4.69) is 5.32 Å². The maximum Gasteiger partial charge on any atom is 0.418 e. The van der Waals surface area contributed by atoms with Crippen LogP contribution < -0.4 is 10.1 Å². The average molecular weight is 323 g/mol. The highest BCUT2D eigenvalue weighted by atomic mass is 19.4. The topological polar surface area (TPSA) is 38.3 Å². The molecule has 0 radical (unpaired) electrons. The lowest BCUT2D eigenvalue weighted by atomic mass is 10.1. The van der Waals surface area contributed by atoms with Crippen LogP contribution >= 0.6 is 0 Å². The number of rotatable bonds is 5. The third-order valence-electron chi connectivity index (χ3n) is 3.18. The largest absolute Gasteiger partial charge is 0.481 e. The number of carbonyl (C=O) groups excluding carboxylic acids is 1. The van der Waals surface area contributed by atoms with E-state index in [1.807, 2.05) is 0 Å². The Bertz CT molecular complexity index is 656. The van der Waals surface area contributed by atoms with Crippen molar-refractivity contribution in [2.75, 3.05) is 5.32 Å². The summed E-state index contributed by atoms with van der Waals surface area (Å²) in [6, 6.07) is 13.5. The van der Waals surface area contributed by atoms with Gasteiger partial charge in [0.2, 0.25) is 0 Å². The minimum absolute atomic E-state index is 0.278. The molecular weight excluding hydrogens is 307 g/mol. The average Bonchev–Trinajstić information content (AvgIpc) is 2.53. The fourth-order valence-corrected chi connectivity index (χ4v) is 2.04. The predicted molar refractivity (Wildman–Crippen MR) is 81.2 cm³/mol. The summed E-state index contributed by atoms with van der Waals surface area (Å²) in [5.74, 6) is -0.133. The van der Waals surface area contributed by atoms with E-state index in [0.29, 0.717) is 12.2 Å². The number of amides is 1. The summed E-state index contributed by atoms with van der Waals surface area (Å²) in [6.07, 6.45) is -5.08. The molecule has 0 fully saturated rings. The summed E-state index contributed by atoms with van der Waals surface area (Å²) in [6.45, 7) is 1.73. The molecule has 0 aliphatic rings. The number of nitrogens with one attached hydrogen (secondary N) is 1. The molecule has 0 bridgehead atoms. The summed E-state index contributed by atoms with van der Waals surface area (Å²) in [7, 11) is 0. The first kappa shape index (κ1) is 16.9. The Hall–Kier alpha value is -2.50. The van der Waals surface area contributed by atoms with Crippen LogP contribution in [0, 0.1) is 0 Å². The van der Waals surface area contributed by atoms with Crippen molar-refractivity contribution in [3.05, 3.63) is 60.2 Å². The first-order chi connectivity index (χ1) is 10.9. The van der Waals surface area contributed by atoms with Gasteiger partial charge in [0.25, 0.3) is 5.91 Å². The Morgan fingerprint density at radius 2 is 1.70 bits per heavy atom. The van der Waals surface area contributed by atoms with Crippen molar-refractivity contribution in [3.63, 3.8) is 0 Å². The second-order valence-corrected chi connectivity index (χ2v) is 4.86. The van der Waals surface area contributed by atoms with Crippen LogP contribution in [-0.2, 0) is 11.0 Å². The second kappa shape index (κ2) is 7.17. The highest BCUT2D eigenvalue weighted by Gasteiger charge is 2.34. The lowest BCUT2D eigenvalue weighted by Crippen LogP contribution is -2.33. The van der Waals surface area contributed by atoms with Gasteiger partial charge in [-0.05, 0) is 30.7 Å².